The zero-order valence-corrected chi connectivity index (χ0v) is 12.1. The number of carbonyl (C=O) groups is 1. The van der Waals surface area contributed by atoms with Crippen LogP contribution in [0.3, 0.4) is 0 Å². The summed E-state index contributed by atoms with van der Waals surface area (Å²) in [5.41, 5.74) is 3.04. The van der Waals surface area contributed by atoms with Crippen molar-refractivity contribution in [3.8, 4) is 0 Å². The van der Waals surface area contributed by atoms with Crippen molar-refractivity contribution in [2.75, 3.05) is 13.1 Å². The Hall–Kier alpha value is -2.01. The Kier molecular flexibility index (Phi) is 3.37. The van der Waals surface area contributed by atoms with Gasteiger partial charge in [0, 0.05) is 36.2 Å². The van der Waals surface area contributed by atoms with Crippen molar-refractivity contribution in [1.82, 2.24) is 9.88 Å². The quantitative estimate of drug-likeness (QED) is 0.923. The van der Waals surface area contributed by atoms with E-state index in [2.05, 4.69) is 9.88 Å². The number of carboxylic acid groups (broad SMARTS) is 1. The lowest BCUT2D eigenvalue weighted by atomic mass is 9.94. The first-order chi connectivity index (χ1) is 10.0. The number of aryl methyl sites for hydroxylation is 1. The van der Waals surface area contributed by atoms with E-state index in [0.717, 1.165) is 30.8 Å². The maximum atomic E-state index is 13.7. The number of carboxylic acids is 1. The number of hydrogen-bond acceptors (Lipinski definition) is 3. The van der Waals surface area contributed by atoms with E-state index in [1.165, 1.54) is 12.1 Å². The van der Waals surface area contributed by atoms with E-state index in [1.807, 2.05) is 6.92 Å². The number of hydrogen-bond donors (Lipinski definition) is 1. The molecule has 0 bridgehead atoms. The molecule has 1 N–H and O–H groups in total. The molecule has 2 aromatic rings. The summed E-state index contributed by atoms with van der Waals surface area (Å²) in [5.74, 6) is -1.44. The summed E-state index contributed by atoms with van der Waals surface area (Å²) in [6.07, 6.45) is 0.732. The van der Waals surface area contributed by atoms with E-state index in [9.17, 15) is 14.3 Å². The number of aromatic carboxylic acids is 1. The topological polar surface area (TPSA) is 53.4 Å². The number of pyridine rings is 1. The van der Waals surface area contributed by atoms with Gasteiger partial charge in [0.1, 0.15) is 5.82 Å². The molecular weight excluding hydrogens is 271 g/mol. The summed E-state index contributed by atoms with van der Waals surface area (Å²) in [4.78, 5) is 18.5. The molecule has 21 heavy (non-hydrogen) atoms. The van der Waals surface area contributed by atoms with Crippen LogP contribution in [0.15, 0.2) is 12.1 Å². The molecule has 0 saturated carbocycles. The molecule has 0 atom stereocenters. The van der Waals surface area contributed by atoms with E-state index in [4.69, 9.17) is 0 Å². The molecule has 0 radical (unpaired) electrons. The zero-order valence-electron chi connectivity index (χ0n) is 12.1. The summed E-state index contributed by atoms with van der Waals surface area (Å²) < 4.78 is 13.7. The summed E-state index contributed by atoms with van der Waals surface area (Å²) in [5, 5.41) is 10.0. The maximum absolute atomic E-state index is 13.7. The number of likely N-dealkylation sites (N-methyl/N-ethyl adjacent to an activating group) is 1. The molecule has 0 unspecified atom stereocenters. The molecule has 5 heteroatoms. The Labute approximate surface area is 122 Å². The first kappa shape index (κ1) is 13.9. The van der Waals surface area contributed by atoms with Crippen molar-refractivity contribution >= 4 is 16.9 Å². The van der Waals surface area contributed by atoms with Crippen molar-refractivity contribution < 1.29 is 14.3 Å². The van der Waals surface area contributed by atoms with Crippen LogP contribution in [0.5, 0.6) is 0 Å². The van der Waals surface area contributed by atoms with Crippen molar-refractivity contribution in [1.29, 1.82) is 0 Å². The molecule has 110 valence electrons. The number of rotatable bonds is 2. The summed E-state index contributed by atoms with van der Waals surface area (Å²) in [6, 6.07) is 2.68. The molecule has 1 aliphatic heterocycles. The Morgan fingerprint density at radius 1 is 1.48 bits per heavy atom. The van der Waals surface area contributed by atoms with Gasteiger partial charge in [-0.05, 0) is 31.2 Å². The minimum Gasteiger partial charge on any atom is -0.478 e. The third kappa shape index (κ3) is 2.27. The molecule has 3 rings (SSSR count). The SMILES string of the molecule is CCN1CCc2nc3c(C)cc(F)cc3c(C(=O)O)c2C1. The lowest BCUT2D eigenvalue weighted by Crippen LogP contribution is -2.32. The molecule has 0 saturated heterocycles. The van der Waals surface area contributed by atoms with E-state index in [1.54, 1.807) is 6.92 Å². The first-order valence-corrected chi connectivity index (χ1v) is 7.08. The van der Waals surface area contributed by atoms with Gasteiger partial charge >= 0.3 is 5.97 Å². The fourth-order valence-electron chi connectivity index (χ4n) is 3.04. The van der Waals surface area contributed by atoms with Crippen LogP contribution >= 0.6 is 0 Å². The van der Waals surface area contributed by atoms with Gasteiger partial charge in [-0.3, -0.25) is 9.88 Å². The molecule has 2 heterocycles. The third-order valence-electron chi connectivity index (χ3n) is 4.14. The number of nitrogens with zero attached hydrogens (tertiary/aromatic N) is 2. The zero-order chi connectivity index (χ0) is 15.1. The molecule has 0 aliphatic carbocycles. The summed E-state index contributed by atoms with van der Waals surface area (Å²) in [6.45, 7) is 6.10. The van der Waals surface area contributed by atoms with Gasteiger partial charge in [0.15, 0.2) is 0 Å². The Bertz CT molecular complexity index is 743. The van der Waals surface area contributed by atoms with Crippen LogP contribution < -0.4 is 0 Å². The monoisotopic (exact) mass is 288 g/mol. The van der Waals surface area contributed by atoms with Gasteiger partial charge in [-0.2, -0.15) is 0 Å². The lowest BCUT2D eigenvalue weighted by Gasteiger charge is -2.28. The highest BCUT2D eigenvalue weighted by molar-refractivity contribution is 6.05. The van der Waals surface area contributed by atoms with Crippen LogP contribution in [0.4, 0.5) is 4.39 Å². The minimum atomic E-state index is -1.01. The molecule has 0 spiro atoms. The van der Waals surface area contributed by atoms with E-state index >= 15 is 0 Å². The van der Waals surface area contributed by atoms with Gasteiger partial charge in [-0.1, -0.05) is 6.92 Å². The Balaban J connectivity index is 2.35. The van der Waals surface area contributed by atoms with E-state index in [0.29, 0.717) is 23.0 Å². The predicted molar refractivity (Wildman–Crippen MR) is 78.1 cm³/mol. The molecule has 1 aromatic carbocycles. The van der Waals surface area contributed by atoms with Crippen LogP contribution in [0.2, 0.25) is 0 Å². The fraction of sp³-hybridized carbons (Fsp3) is 0.375. The average molecular weight is 288 g/mol. The van der Waals surface area contributed by atoms with Gasteiger partial charge in [-0.25, -0.2) is 9.18 Å². The van der Waals surface area contributed by atoms with Gasteiger partial charge in [0.05, 0.1) is 11.1 Å². The van der Waals surface area contributed by atoms with Gasteiger partial charge < -0.3 is 5.11 Å². The van der Waals surface area contributed by atoms with Crippen LogP contribution in [-0.2, 0) is 13.0 Å². The predicted octanol–water partition coefficient (Wildman–Crippen LogP) is 2.76. The number of fused-ring (bicyclic) bond motifs is 2. The molecule has 0 fully saturated rings. The van der Waals surface area contributed by atoms with Gasteiger partial charge in [0.2, 0.25) is 0 Å². The second-order valence-corrected chi connectivity index (χ2v) is 5.45. The molecule has 1 aromatic heterocycles. The largest absolute Gasteiger partial charge is 0.478 e. The van der Waals surface area contributed by atoms with E-state index in [-0.39, 0.29) is 5.56 Å². The molecule has 0 amide bonds. The van der Waals surface area contributed by atoms with Crippen LogP contribution in [-0.4, -0.2) is 34.0 Å². The van der Waals surface area contributed by atoms with E-state index < -0.39 is 11.8 Å². The second-order valence-electron chi connectivity index (χ2n) is 5.45. The highest BCUT2D eigenvalue weighted by Gasteiger charge is 2.25. The molecular formula is C16H17FN2O2. The van der Waals surface area contributed by atoms with Gasteiger partial charge in [0.25, 0.3) is 0 Å². The minimum absolute atomic E-state index is 0.204. The fourth-order valence-corrected chi connectivity index (χ4v) is 3.04. The van der Waals surface area contributed by atoms with Crippen molar-refractivity contribution in [3.63, 3.8) is 0 Å². The highest BCUT2D eigenvalue weighted by atomic mass is 19.1. The summed E-state index contributed by atoms with van der Waals surface area (Å²) in [7, 11) is 0. The third-order valence-corrected chi connectivity index (χ3v) is 4.14. The lowest BCUT2D eigenvalue weighted by molar-refractivity contribution is 0.0695. The number of benzene rings is 1. The molecule has 1 aliphatic rings. The molecule has 4 nitrogen and oxygen atoms in total. The maximum Gasteiger partial charge on any atom is 0.336 e. The Morgan fingerprint density at radius 3 is 2.90 bits per heavy atom. The summed E-state index contributed by atoms with van der Waals surface area (Å²) >= 11 is 0. The second kappa shape index (κ2) is 5.07. The highest BCUT2D eigenvalue weighted by Crippen LogP contribution is 2.30. The van der Waals surface area contributed by atoms with Crippen molar-refractivity contribution in [2.24, 2.45) is 0 Å². The first-order valence-electron chi connectivity index (χ1n) is 7.08. The smallest absolute Gasteiger partial charge is 0.336 e. The number of halogens is 1. The Morgan fingerprint density at radius 2 is 2.24 bits per heavy atom. The van der Waals surface area contributed by atoms with Crippen LogP contribution in [0.25, 0.3) is 10.9 Å². The standard InChI is InChI=1S/C16H17FN2O2/c1-3-19-5-4-13-12(8-19)14(16(20)21)11-7-10(17)6-9(2)15(11)18-13/h6-7H,3-5,8H2,1-2H3,(H,20,21). The van der Waals surface area contributed by atoms with Gasteiger partial charge in [-0.15, -0.1) is 0 Å². The van der Waals surface area contributed by atoms with Crippen molar-refractivity contribution in [2.45, 2.75) is 26.8 Å². The number of aromatic nitrogens is 1. The average Bonchev–Trinajstić information content (AvgIpc) is 2.44. The van der Waals surface area contributed by atoms with Crippen LogP contribution in [0.1, 0.15) is 34.1 Å². The van der Waals surface area contributed by atoms with Crippen molar-refractivity contribution in [3.05, 3.63) is 40.3 Å². The van der Waals surface area contributed by atoms with Crippen LogP contribution in [0, 0.1) is 12.7 Å². The normalized spacial score (nSPS) is 15.2.